The molecule has 0 saturated carbocycles. The maximum atomic E-state index is 12.2. The topological polar surface area (TPSA) is 73.0 Å². The fourth-order valence-corrected chi connectivity index (χ4v) is 2.88. The summed E-state index contributed by atoms with van der Waals surface area (Å²) in [5.41, 5.74) is 2.94. The minimum atomic E-state index is -0.0368. The first-order chi connectivity index (χ1) is 10.5. The second-order valence-electron chi connectivity index (χ2n) is 6.23. The first-order valence-corrected chi connectivity index (χ1v) is 7.82. The minimum Gasteiger partial charge on any atom is -0.361 e. The molecule has 1 atom stereocenters. The molecule has 0 saturated heterocycles. The first-order valence-electron chi connectivity index (χ1n) is 7.82. The van der Waals surface area contributed by atoms with Crippen molar-refractivity contribution in [2.45, 2.75) is 58.5 Å². The van der Waals surface area contributed by atoms with Crippen molar-refractivity contribution in [2.24, 2.45) is 0 Å². The highest BCUT2D eigenvalue weighted by Gasteiger charge is 2.26. The van der Waals surface area contributed by atoms with Gasteiger partial charge in [-0.3, -0.25) is 9.48 Å². The first kappa shape index (κ1) is 14.8. The Bertz CT molecular complexity index is 671. The zero-order chi connectivity index (χ0) is 15.7. The molecule has 0 radical (unpaired) electrons. The fraction of sp³-hybridized carbons (Fsp3) is 0.562. The highest BCUT2D eigenvalue weighted by Crippen LogP contribution is 2.29. The van der Waals surface area contributed by atoms with E-state index in [9.17, 15) is 4.79 Å². The van der Waals surface area contributed by atoms with Crippen LogP contribution in [0.2, 0.25) is 0 Å². The third kappa shape index (κ3) is 3.05. The van der Waals surface area contributed by atoms with Crippen molar-refractivity contribution in [3.63, 3.8) is 0 Å². The molecule has 2 aromatic heterocycles. The van der Waals surface area contributed by atoms with Crippen molar-refractivity contribution in [3.8, 4) is 0 Å². The van der Waals surface area contributed by atoms with Crippen molar-refractivity contribution in [1.29, 1.82) is 0 Å². The lowest BCUT2D eigenvalue weighted by Gasteiger charge is -2.22. The third-order valence-corrected chi connectivity index (χ3v) is 3.99. The summed E-state index contributed by atoms with van der Waals surface area (Å²) in [6, 6.07) is 2.13. The number of amides is 1. The van der Waals surface area contributed by atoms with Gasteiger partial charge in [0.2, 0.25) is 5.91 Å². The van der Waals surface area contributed by atoms with Crippen molar-refractivity contribution in [1.82, 2.24) is 20.3 Å². The number of aryl methyl sites for hydroxylation is 2. The van der Waals surface area contributed by atoms with Gasteiger partial charge in [-0.15, -0.1) is 0 Å². The zero-order valence-electron chi connectivity index (χ0n) is 13.3. The van der Waals surface area contributed by atoms with E-state index < -0.39 is 0 Å². The van der Waals surface area contributed by atoms with Gasteiger partial charge in [0, 0.05) is 18.3 Å². The van der Waals surface area contributed by atoms with Crippen LogP contribution in [-0.4, -0.2) is 20.8 Å². The second-order valence-corrected chi connectivity index (χ2v) is 6.23. The molecule has 118 valence electrons. The van der Waals surface area contributed by atoms with E-state index in [1.54, 1.807) is 6.07 Å². The van der Waals surface area contributed by atoms with Crippen molar-refractivity contribution < 1.29 is 9.32 Å². The maximum absolute atomic E-state index is 12.2. The fourth-order valence-electron chi connectivity index (χ4n) is 2.88. The molecule has 1 amide bonds. The monoisotopic (exact) mass is 302 g/mol. The molecule has 0 aliphatic heterocycles. The Kier molecular flexibility index (Phi) is 4.00. The molecule has 1 aliphatic carbocycles. The molecule has 3 rings (SSSR count). The maximum Gasteiger partial charge on any atom is 0.226 e. The number of carbonyl (C=O) groups excluding carboxylic acids is 1. The molecule has 2 heterocycles. The van der Waals surface area contributed by atoms with Crippen LogP contribution in [0, 0.1) is 6.92 Å². The van der Waals surface area contributed by atoms with E-state index in [1.165, 1.54) is 5.56 Å². The molecular formula is C16H22N4O2. The van der Waals surface area contributed by atoms with Crippen LogP contribution in [0.25, 0.3) is 0 Å². The van der Waals surface area contributed by atoms with Crippen LogP contribution >= 0.6 is 0 Å². The smallest absolute Gasteiger partial charge is 0.226 e. The lowest BCUT2D eigenvalue weighted by molar-refractivity contribution is -0.121. The molecule has 1 N–H and O–H groups in total. The lowest BCUT2D eigenvalue weighted by Crippen LogP contribution is -2.32. The highest BCUT2D eigenvalue weighted by molar-refractivity contribution is 5.78. The van der Waals surface area contributed by atoms with Gasteiger partial charge in [-0.1, -0.05) is 5.16 Å². The van der Waals surface area contributed by atoms with E-state index in [1.807, 2.05) is 11.6 Å². The van der Waals surface area contributed by atoms with E-state index >= 15 is 0 Å². The molecule has 0 spiro atoms. The third-order valence-electron chi connectivity index (χ3n) is 3.99. The summed E-state index contributed by atoms with van der Waals surface area (Å²) in [7, 11) is 0. The molecular weight excluding hydrogens is 280 g/mol. The van der Waals surface area contributed by atoms with E-state index in [0.717, 1.165) is 30.7 Å². The van der Waals surface area contributed by atoms with Gasteiger partial charge in [0.25, 0.3) is 0 Å². The Morgan fingerprint density at radius 2 is 2.36 bits per heavy atom. The predicted octanol–water partition coefficient (Wildman–Crippen LogP) is 2.50. The number of carbonyl (C=O) groups is 1. The minimum absolute atomic E-state index is 0.00393. The molecule has 0 aromatic carbocycles. The molecule has 6 nitrogen and oxygen atoms in total. The zero-order valence-corrected chi connectivity index (χ0v) is 13.3. The lowest BCUT2D eigenvalue weighted by atomic mass is 9.93. The van der Waals surface area contributed by atoms with Gasteiger partial charge in [0.15, 0.2) is 0 Å². The summed E-state index contributed by atoms with van der Waals surface area (Å²) in [6.07, 6.45) is 5.40. The average molecular weight is 302 g/mol. The van der Waals surface area contributed by atoms with Gasteiger partial charge in [0.05, 0.1) is 23.9 Å². The van der Waals surface area contributed by atoms with Crippen LogP contribution in [0.1, 0.15) is 61.5 Å². The summed E-state index contributed by atoms with van der Waals surface area (Å²) in [5, 5.41) is 11.6. The Morgan fingerprint density at radius 1 is 1.55 bits per heavy atom. The quantitative estimate of drug-likeness (QED) is 0.941. The Balaban J connectivity index is 1.70. The number of aromatic nitrogens is 3. The van der Waals surface area contributed by atoms with Gasteiger partial charge in [-0.2, -0.15) is 5.10 Å². The van der Waals surface area contributed by atoms with Crippen LogP contribution in [0.3, 0.4) is 0 Å². The summed E-state index contributed by atoms with van der Waals surface area (Å²) >= 11 is 0. The van der Waals surface area contributed by atoms with Gasteiger partial charge < -0.3 is 9.84 Å². The molecule has 1 unspecified atom stereocenters. The van der Waals surface area contributed by atoms with Crippen LogP contribution in [0.5, 0.6) is 0 Å². The summed E-state index contributed by atoms with van der Waals surface area (Å²) in [5.74, 6) is 0.684. The van der Waals surface area contributed by atoms with Crippen molar-refractivity contribution in [3.05, 3.63) is 35.0 Å². The number of nitrogens with zero attached hydrogens (tertiary/aromatic N) is 3. The van der Waals surface area contributed by atoms with Crippen LogP contribution in [-0.2, 0) is 17.6 Å². The number of fused-ring (bicyclic) bond motifs is 1. The van der Waals surface area contributed by atoms with Gasteiger partial charge in [0.1, 0.15) is 5.76 Å². The molecule has 0 bridgehead atoms. The molecule has 6 heteroatoms. The predicted molar refractivity (Wildman–Crippen MR) is 81.4 cm³/mol. The number of hydrogen-bond acceptors (Lipinski definition) is 4. The molecule has 22 heavy (non-hydrogen) atoms. The molecule has 0 fully saturated rings. The number of rotatable bonds is 4. The SMILES string of the molecule is Cc1cc(CC(=O)NC2CCCc3cn(C(C)C)nc32)no1. The average Bonchev–Trinajstić information content (AvgIpc) is 3.05. The number of hydrogen-bond donors (Lipinski definition) is 1. The van der Waals surface area contributed by atoms with Crippen LogP contribution in [0.15, 0.2) is 16.8 Å². The Labute approximate surface area is 129 Å². The highest BCUT2D eigenvalue weighted by atomic mass is 16.5. The largest absolute Gasteiger partial charge is 0.361 e. The van der Waals surface area contributed by atoms with E-state index in [-0.39, 0.29) is 18.4 Å². The van der Waals surface area contributed by atoms with Gasteiger partial charge in [-0.05, 0) is 45.6 Å². The summed E-state index contributed by atoms with van der Waals surface area (Å²) in [6.45, 7) is 6.04. The Hall–Kier alpha value is -2.11. The van der Waals surface area contributed by atoms with Crippen LogP contribution < -0.4 is 5.32 Å². The Morgan fingerprint density at radius 3 is 3.05 bits per heavy atom. The molecule has 1 aliphatic rings. The number of nitrogens with one attached hydrogen (secondary N) is 1. The van der Waals surface area contributed by atoms with E-state index in [4.69, 9.17) is 4.52 Å². The van der Waals surface area contributed by atoms with Crippen molar-refractivity contribution in [2.75, 3.05) is 0 Å². The van der Waals surface area contributed by atoms with Crippen LogP contribution in [0.4, 0.5) is 0 Å². The summed E-state index contributed by atoms with van der Waals surface area (Å²) in [4.78, 5) is 12.2. The summed E-state index contributed by atoms with van der Waals surface area (Å²) < 4.78 is 6.98. The normalized spacial score (nSPS) is 17.5. The second kappa shape index (κ2) is 5.94. The van der Waals surface area contributed by atoms with E-state index in [0.29, 0.717) is 11.7 Å². The van der Waals surface area contributed by atoms with E-state index in [2.05, 4.69) is 35.6 Å². The van der Waals surface area contributed by atoms with Crippen molar-refractivity contribution >= 4 is 5.91 Å². The standard InChI is InChI=1S/C16H22N4O2/c1-10(2)20-9-12-5-4-6-14(16(12)18-20)17-15(21)8-13-7-11(3)22-19-13/h7,9-10,14H,4-6,8H2,1-3H3,(H,17,21). The molecule has 2 aromatic rings. The van der Waals surface area contributed by atoms with Gasteiger partial charge in [-0.25, -0.2) is 0 Å². The van der Waals surface area contributed by atoms with Gasteiger partial charge >= 0.3 is 0 Å².